The number of aromatic nitrogens is 1. The maximum Gasteiger partial charge on any atom is 0.257 e. The lowest BCUT2D eigenvalue weighted by molar-refractivity contribution is 0.0730. The molecule has 2 saturated heterocycles. The molecule has 1 aromatic heterocycles. The van der Waals surface area contributed by atoms with Crippen LogP contribution in [-0.4, -0.2) is 63.0 Å². The molecule has 2 aliphatic rings. The number of hydrogen-bond acceptors (Lipinski definition) is 6. The number of nitrogens with zero attached hydrogens (tertiary/aromatic N) is 3. The Kier molecular flexibility index (Phi) is 6.24. The molecule has 2 aliphatic heterocycles. The van der Waals surface area contributed by atoms with E-state index in [2.05, 4.69) is 15.2 Å². The maximum atomic E-state index is 13.1. The number of hydrogen-bond donors (Lipinski definition) is 1. The number of carbonyl (C=O) groups excluding carboxylic acids is 1. The quantitative estimate of drug-likeness (QED) is 0.704. The van der Waals surface area contributed by atoms with Crippen LogP contribution in [0.3, 0.4) is 0 Å². The largest absolute Gasteiger partial charge is 0.379 e. The van der Waals surface area contributed by atoms with Gasteiger partial charge in [-0.05, 0) is 43.2 Å². The number of anilines is 2. The Morgan fingerprint density at radius 2 is 1.80 bits per heavy atom. The summed E-state index contributed by atoms with van der Waals surface area (Å²) in [6, 6.07) is 8.04. The molecule has 0 spiro atoms. The normalized spacial score (nSPS) is 17.8. The molecular weight excluding hydrogens is 428 g/mol. The summed E-state index contributed by atoms with van der Waals surface area (Å²) in [5, 5.41) is 3.16. The van der Waals surface area contributed by atoms with Crippen molar-refractivity contribution < 1.29 is 17.9 Å². The second kappa shape index (κ2) is 8.89. The second-order valence-corrected chi connectivity index (χ2v) is 9.54. The zero-order valence-electron chi connectivity index (χ0n) is 16.4. The fourth-order valence-corrected chi connectivity index (χ4v) is 5.20. The minimum atomic E-state index is -3.68. The highest BCUT2D eigenvalue weighted by Crippen LogP contribution is 2.33. The third-order valence-corrected chi connectivity index (χ3v) is 7.38. The van der Waals surface area contributed by atoms with Gasteiger partial charge in [-0.3, -0.25) is 4.79 Å². The average molecular weight is 451 g/mol. The Morgan fingerprint density at radius 1 is 1.07 bits per heavy atom. The molecule has 160 valence electrons. The lowest BCUT2D eigenvalue weighted by Crippen LogP contribution is -2.40. The van der Waals surface area contributed by atoms with Crippen molar-refractivity contribution in [1.82, 2.24) is 9.29 Å². The van der Waals surface area contributed by atoms with Gasteiger partial charge in [0.15, 0.2) is 0 Å². The molecule has 0 atom stereocenters. The van der Waals surface area contributed by atoms with Crippen LogP contribution in [0.2, 0.25) is 5.15 Å². The fourth-order valence-electron chi connectivity index (χ4n) is 3.65. The van der Waals surface area contributed by atoms with Crippen molar-refractivity contribution in [2.24, 2.45) is 0 Å². The Balaban J connectivity index is 1.67. The molecule has 10 heteroatoms. The van der Waals surface area contributed by atoms with Crippen LogP contribution in [0.5, 0.6) is 0 Å². The molecule has 0 radical (unpaired) electrons. The highest BCUT2D eigenvalue weighted by molar-refractivity contribution is 7.89. The lowest BCUT2D eigenvalue weighted by atomic mass is 10.2. The average Bonchev–Trinajstić information content (AvgIpc) is 3.29. The highest BCUT2D eigenvalue weighted by atomic mass is 35.5. The standard InChI is InChI=1S/C20H23ClN4O4S/c21-19-6-3-15(14-22-19)20(26)23-17-13-16(4-5-18(17)24-7-1-2-8-24)30(27,28)25-9-11-29-12-10-25/h3-6,13-14H,1-2,7-12H2,(H,23,26). The van der Waals surface area contributed by atoms with E-state index in [1.807, 2.05) is 0 Å². The first-order chi connectivity index (χ1) is 14.4. The first-order valence-corrected chi connectivity index (χ1v) is 11.7. The molecule has 0 saturated carbocycles. The van der Waals surface area contributed by atoms with Crippen LogP contribution in [0.1, 0.15) is 23.2 Å². The van der Waals surface area contributed by atoms with Crippen LogP contribution >= 0.6 is 11.6 Å². The van der Waals surface area contributed by atoms with Crippen LogP contribution in [0, 0.1) is 0 Å². The van der Waals surface area contributed by atoms with Gasteiger partial charge in [0.25, 0.3) is 5.91 Å². The third kappa shape index (κ3) is 4.44. The Morgan fingerprint density at radius 3 is 2.47 bits per heavy atom. The Hall–Kier alpha value is -2.20. The van der Waals surface area contributed by atoms with Crippen molar-refractivity contribution >= 4 is 38.9 Å². The van der Waals surface area contributed by atoms with Gasteiger partial charge in [0.05, 0.1) is 35.0 Å². The van der Waals surface area contributed by atoms with E-state index in [0.717, 1.165) is 31.6 Å². The molecular formula is C20H23ClN4O4S. The molecule has 8 nitrogen and oxygen atoms in total. The van der Waals surface area contributed by atoms with E-state index in [9.17, 15) is 13.2 Å². The number of pyridine rings is 1. The zero-order valence-corrected chi connectivity index (χ0v) is 18.0. The summed E-state index contributed by atoms with van der Waals surface area (Å²) < 4.78 is 32.8. The monoisotopic (exact) mass is 450 g/mol. The van der Waals surface area contributed by atoms with Gasteiger partial charge in [-0.25, -0.2) is 13.4 Å². The van der Waals surface area contributed by atoms with Crippen molar-refractivity contribution in [2.75, 3.05) is 49.6 Å². The number of carbonyl (C=O) groups is 1. The summed E-state index contributed by atoms with van der Waals surface area (Å²) >= 11 is 5.80. The Labute approximate surface area is 180 Å². The molecule has 0 aliphatic carbocycles. The van der Waals surface area contributed by atoms with E-state index in [1.54, 1.807) is 24.3 Å². The van der Waals surface area contributed by atoms with Crippen LogP contribution in [-0.2, 0) is 14.8 Å². The summed E-state index contributed by atoms with van der Waals surface area (Å²) in [7, 11) is -3.68. The van der Waals surface area contributed by atoms with E-state index in [1.165, 1.54) is 16.6 Å². The maximum absolute atomic E-state index is 13.1. The minimum absolute atomic E-state index is 0.150. The van der Waals surface area contributed by atoms with Crippen molar-refractivity contribution in [3.05, 3.63) is 47.2 Å². The van der Waals surface area contributed by atoms with Gasteiger partial charge >= 0.3 is 0 Å². The van der Waals surface area contributed by atoms with Gasteiger partial charge in [-0.1, -0.05) is 11.6 Å². The molecule has 1 amide bonds. The fraction of sp³-hybridized carbons (Fsp3) is 0.400. The van der Waals surface area contributed by atoms with Gasteiger partial charge in [-0.15, -0.1) is 0 Å². The van der Waals surface area contributed by atoms with E-state index < -0.39 is 10.0 Å². The first kappa shape index (κ1) is 21.0. The summed E-state index contributed by atoms with van der Waals surface area (Å²) in [5.74, 6) is -0.375. The van der Waals surface area contributed by atoms with Crippen molar-refractivity contribution in [3.63, 3.8) is 0 Å². The van der Waals surface area contributed by atoms with Gasteiger partial charge in [0.1, 0.15) is 5.15 Å². The van der Waals surface area contributed by atoms with E-state index in [4.69, 9.17) is 16.3 Å². The second-order valence-electron chi connectivity index (χ2n) is 7.21. The SMILES string of the molecule is O=C(Nc1cc(S(=O)(=O)N2CCOCC2)ccc1N1CCCC1)c1ccc(Cl)nc1. The van der Waals surface area contributed by atoms with Gasteiger partial charge < -0.3 is 15.0 Å². The van der Waals surface area contributed by atoms with Gasteiger partial charge in [0.2, 0.25) is 10.0 Å². The number of sulfonamides is 1. The Bertz CT molecular complexity index is 1020. The lowest BCUT2D eigenvalue weighted by Gasteiger charge is -2.27. The zero-order chi connectivity index (χ0) is 21.1. The molecule has 0 bridgehead atoms. The molecule has 2 fully saturated rings. The number of ether oxygens (including phenoxy) is 1. The number of amides is 1. The van der Waals surface area contributed by atoms with Crippen LogP contribution < -0.4 is 10.2 Å². The molecule has 4 rings (SSSR count). The number of halogens is 1. The number of benzene rings is 1. The molecule has 2 aromatic rings. The molecule has 3 heterocycles. The molecule has 1 N–H and O–H groups in total. The van der Waals surface area contributed by atoms with E-state index >= 15 is 0 Å². The first-order valence-electron chi connectivity index (χ1n) is 9.85. The van der Waals surface area contributed by atoms with Crippen molar-refractivity contribution in [1.29, 1.82) is 0 Å². The third-order valence-electron chi connectivity index (χ3n) is 5.26. The van der Waals surface area contributed by atoms with Crippen LogP contribution in [0.4, 0.5) is 11.4 Å². The minimum Gasteiger partial charge on any atom is -0.379 e. The smallest absolute Gasteiger partial charge is 0.257 e. The predicted octanol–water partition coefficient (Wildman–Crippen LogP) is 2.61. The summed E-state index contributed by atoms with van der Waals surface area (Å²) in [6.45, 7) is 3.10. The van der Waals surface area contributed by atoms with Gasteiger partial charge in [0, 0.05) is 32.4 Å². The van der Waals surface area contributed by atoms with E-state index in [0.29, 0.717) is 42.7 Å². The predicted molar refractivity (Wildman–Crippen MR) is 115 cm³/mol. The molecule has 1 aromatic carbocycles. The summed E-state index contributed by atoms with van der Waals surface area (Å²) in [5.41, 5.74) is 1.61. The highest BCUT2D eigenvalue weighted by Gasteiger charge is 2.28. The van der Waals surface area contributed by atoms with E-state index in [-0.39, 0.29) is 10.8 Å². The number of nitrogens with one attached hydrogen (secondary N) is 1. The van der Waals surface area contributed by atoms with Crippen molar-refractivity contribution in [3.8, 4) is 0 Å². The molecule has 30 heavy (non-hydrogen) atoms. The summed E-state index contributed by atoms with van der Waals surface area (Å²) in [4.78, 5) is 19.0. The number of morpholine rings is 1. The van der Waals surface area contributed by atoms with Crippen molar-refractivity contribution in [2.45, 2.75) is 17.7 Å². The van der Waals surface area contributed by atoms with Gasteiger partial charge in [-0.2, -0.15) is 4.31 Å². The molecule has 0 unspecified atom stereocenters. The van der Waals surface area contributed by atoms with Crippen LogP contribution in [0.15, 0.2) is 41.4 Å². The summed E-state index contributed by atoms with van der Waals surface area (Å²) in [6.07, 6.45) is 3.51. The number of rotatable bonds is 5. The van der Waals surface area contributed by atoms with Crippen LogP contribution in [0.25, 0.3) is 0 Å². The topological polar surface area (TPSA) is 91.8 Å².